The third kappa shape index (κ3) is 3.32. The van der Waals surface area contributed by atoms with Crippen LogP contribution in [0.1, 0.15) is 65.7 Å². The summed E-state index contributed by atoms with van der Waals surface area (Å²) in [5.74, 6) is -0.109. The molecular formula is C18H24N2O2. The van der Waals surface area contributed by atoms with E-state index in [-0.39, 0.29) is 17.9 Å². The first-order valence-electron chi connectivity index (χ1n) is 8.45. The summed E-state index contributed by atoms with van der Waals surface area (Å²) in [5.41, 5.74) is 1.06. The lowest BCUT2D eigenvalue weighted by Crippen LogP contribution is -2.37. The van der Waals surface area contributed by atoms with Crippen LogP contribution in [0.4, 0.5) is 0 Å². The Morgan fingerprint density at radius 3 is 2.23 bits per heavy atom. The molecule has 2 fully saturated rings. The average Bonchev–Trinajstić information content (AvgIpc) is 3.09. The summed E-state index contributed by atoms with van der Waals surface area (Å²) < 4.78 is 0. The van der Waals surface area contributed by atoms with E-state index in [2.05, 4.69) is 5.32 Å². The Morgan fingerprint density at radius 1 is 0.909 bits per heavy atom. The number of carbonyl (C=O) groups is 2. The van der Waals surface area contributed by atoms with Crippen LogP contribution in [-0.4, -0.2) is 35.8 Å². The predicted molar refractivity (Wildman–Crippen MR) is 85.9 cm³/mol. The second kappa shape index (κ2) is 6.95. The highest BCUT2D eigenvalue weighted by atomic mass is 16.2. The normalized spacial score (nSPS) is 19.2. The van der Waals surface area contributed by atoms with Gasteiger partial charge in [0.25, 0.3) is 11.8 Å². The molecule has 0 unspecified atom stereocenters. The molecule has 1 saturated heterocycles. The Balaban J connectivity index is 1.74. The van der Waals surface area contributed by atoms with E-state index in [0.717, 1.165) is 38.8 Å². The van der Waals surface area contributed by atoms with Crippen molar-refractivity contribution in [2.75, 3.05) is 13.1 Å². The van der Waals surface area contributed by atoms with Gasteiger partial charge in [-0.3, -0.25) is 9.59 Å². The summed E-state index contributed by atoms with van der Waals surface area (Å²) in [5, 5.41) is 3.11. The number of hydrogen-bond acceptors (Lipinski definition) is 2. The molecule has 0 radical (unpaired) electrons. The van der Waals surface area contributed by atoms with E-state index in [4.69, 9.17) is 0 Å². The fraction of sp³-hybridized carbons (Fsp3) is 0.556. The maximum Gasteiger partial charge on any atom is 0.254 e. The molecule has 0 atom stereocenters. The highest BCUT2D eigenvalue weighted by Gasteiger charge is 2.25. The summed E-state index contributed by atoms with van der Waals surface area (Å²) in [6.07, 6.45) is 7.83. The van der Waals surface area contributed by atoms with Gasteiger partial charge in [-0.2, -0.15) is 0 Å². The SMILES string of the molecule is O=C(NC1CCCCC1)c1ccccc1C(=O)N1CCCC1. The quantitative estimate of drug-likeness (QED) is 0.933. The van der Waals surface area contributed by atoms with Gasteiger partial charge in [0.15, 0.2) is 0 Å². The number of rotatable bonds is 3. The van der Waals surface area contributed by atoms with Gasteiger partial charge in [-0.05, 0) is 37.8 Å². The molecule has 0 aromatic heterocycles. The number of benzene rings is 1. The van der Waals surface area contributed by atoms with Crippen molar-refractivity contribution in [2.45, 2.75) is 51.0 Å². The van der Waals surface area contributed by atoms with Crippen LogP contribution in [-0.2, 0) is 0 Å². The lowest BCUT2D eigenvalue weighted by molar-refractivity contribution is 0.0783. The van der Waals surface area contributed by atoms with Gasteiger partial charge >= 0.3 is 0 Å². The monoisotopic (exact) mass is 300 g/mol. The lowest BCUT2D eigenvalue weighted by Gasteiger charge is -2.23. The molecule has 1 aliphatic heterocycles. The molecule has 2 amide bonds. The highest BCUT2D eigenvalue weighted by molar-refractivity contribution is 6.07. The van der Waals surface area contributed by atoms with Crippen molar-refractivity contribution in [3.05, 3.63) is 35.4 Å². The Morgan fingerprint density at radius 2 is 1.55 bits per heavy atom. The number of likely N-dealkylation sites (tertiary alicyclic amines) is 1. The van der Waals surface area contributed by atoms with Crippen molar-refractivity contribution < 1.29 is 9.59 Å². The average molecular weight is 300 g/mol. The molecular weight excluding hydrogens is 276 g/mol. The largest absolute Gasteiger partial charge is 0.349 e. The van der Waals surface area contributed by atoms with Crippen molar-refractivity contribution in [2.24, 2.45) is 0 Å². The Hall–Kier alpha value is -1.84. The first-order chi connectivity index (χ1) is 10.8. The molecule has 1 aliphatic carbocycles. The minimum atomic E-state index is -0.102. The summed E-state index contributed by atoms with van der Waals surface area (Å²) >= 11 is 0. The van der Waals surface area contributed by atoms with Crippen LogP contribution in [0.25, 0.3) is 0 Å². The maximum absolute atomic E-state index is 12.6. The second-order valence-electron chi connectivity index (χ2n) is 6.35. The molecule has 4 heteroatoms. The van der Waals surface area contributed by atoms with E-state index in [0.29, 0.717) is 11.1 Å². The number of nitrogens with zero attached hydrogens (tertiary/aromatic N) is 1. The van der Waals surface area contributed by atoms with Crippen LogP contribution in [0.3, 0.4) is 0 Å². The highest BCUT2D eigenvalue weighted by Crippen LogP contribution is 2.20. The number of amides is 2. The first-order valence-corrected chi connectivity index (χ1v) is 8.45. The summed E-state index contributed by atoms with van der Waals surface area (Å²) in [4.78, 5) is 27.0. The van der Waals surface area contributed by atoms with Gasteiger partial charge < -0.3 is 10.2 Å². The van der Waals surface area contributed by atoms with Crippen molar-refractivity contribution in [1.29, 1.82) is 0 Å². The zero-order valence-electron chi connectivity index (χ0n) is 13.0. The van der Waals surface area contributed by atoms with E-state index in [1.165, 1.54) is 19.3 Å². The van der Waals surface area contributed by atoms with Crippen LogP contribution in [0.2, 0.25) is 0 Å². The third-order valence-corrected chi connectivity index (χ3v) is 4.74. The standard InChI is InChI=1S/C18H24N2O2/c21-17(19-14-8-2-1-3-9-14)15-10-4-5-11-16(15)18(22)20-12-6-7-13-20/h4-5,10-11,14H,1-3,6-9,12-13H2,(H,19,21). The van der Waals surface area contributed by atoms with Gasteiger partial charge in [-0.25, -0.2) is 0 Å². The molecule has 3 rings (SSSR count). The molecule has 1 aromatic rings. The third-order valence-electron chi connectivity index (χ3n) is 4.74. The lowest BCUT2D eigenvalue weighted by atomic mass is 9.95. The van der Waals surface area contributed by atoms with Crippen molar-refractivity contribution in [3.8, 4) is 0 Å². The van der Waals surface area contributed by atoms with Crippen LogP contribution >= 0.6 is 0 Å². The first kappa shape index (κ1) is 15.1. The second-order valence-corrected chi connectivity index (χ2v) is 6.35. The predicted octanol–water partition coefficient (Wildman–Crippen LogP) is 2.99. The van der Waals surface area contributed by atoms with E-state index in [1.807, 2.05) is 17.0 Å². The van der Waals surface area contributed by atoms with Crippen molar-refractivity contribution in [1.82, 2.24) is 10.2 Å². The van der Waals surface area contributed by atoms with Gasteiger partial charge in [0, 0.05) is 19.1 Å². The molecule has 1 N–H and O–H groups in total. The molecule has 22 heavy (non-hydrogen) atoms. The molecule has 118 valence electrons. The Labute approximate surface area is 131 Å². The van der Waals surface area contributed by atoms with E-state index < -0.39 is 0 Å². The Bertz CT molecular complexity index is 544. The number of carbonyl (C=O) groups excluding carboxylic acids is 2. The maximum atomic E-state index is 12.6. The van der Waals surface area contributed by atoms with E-state index in [1.54, 1.807) is 12.1 Å². The molecule has 1 saturated carbocycles. The zero-order valence-corrected chi connectivity index (χ0v) is 13.0. The summed E-state index contributed by atoms with van der Waals surface area (Å²) in [6, 6.07) is 7.46. The summed E-state index contributed by atoms with van der Waals surface area (Å²) in [7, 11) is 0. The topological polar surface area (TPSA) is 49.4 Å². The molecule has 0 spiro atoms. The van der Waals surface area contributed by atoms with Gasteiger partial charge in [0.05, 0.1) is 11.1 Å². The van der Waals surface area contributed by atoms with Gasteiger partial charge in [0.1, 0.15) is 0 Å². The van der Waals surface area contributed by atoms with Crippen LogP contribution in [0.15, 0.2) is 24.3 Å². The Kier molecular flexibility index (Phi) is 4.76. The zero-order chi connectivity index (χ0) is 15.4. The molecule has 4 nitrogen and oxygen atoms in total. The van der Waals surface area contributed by atoms with E-state index >= 15 is 0 Å². The molecule has 1 heterocycles. The molecule has 2 aliphatic rings. The van der Waals surface area contributed by atoms with Crippen molar-refractivity contribution >= 4 is 11.8 Å². The number of nitrogens with one attached hydrogen (secondary N) is 1. The van der Waals surface area contributed by atoms with Gasteiger partial charge in [-0.15, -0.1) is 0 Å². The van der Waals surface area contributed by atoms with Crippen LogP contribution < -0.4 is 5.32 Å². The summed E-state index contributed by atoms with van der Waals surface area (Å²) in [6.45, 7) is 1.61. The van der Waals surface area contributed by atoms with Crippen molar-refractivity contribution in [3.63, 3.8) is 0 Å². The smallest absolute Gasteiger partial charge is 0.254 e. The van der Waals surface area contributed by atoms with E-state index in [9.17, 15) is 9.59 Å². The molecule has 0 bridgehead atoms. The van der Waals surface area contributed by atoms with Crippen LogP contribution in [0.5, 0.6) is 0 Å². The number of hydrogen-bond donors (Lipinski definition) is 1. The minimum Gasteiger partial charge on any atom is -0.349 e. The fourth-order valence-corrected chi connectivity index (χ4v) is 3.47. The molecule has 1 aromatic carbocycles. The van der Waals surface area contributed by atoms with Gasteiger partial charge in [0.2, 0.25) is 0 Å². The van der Waals surface area contributed by atoms with Gasteiger partial charge in [-0.1, -0.05) is 31.4 Å². The van der Waals surface area contributed by atoms with Crippen LogP contribution in [0, 0.1) is 0 Å². The minimum absolute atomic E-state index is 0.00751. The fourth-order valence-electron chi connectivity index (χ4n) is 3.47.